The Balaban J connectivity index is 1.55. The highest BCUT2D eigenvalue weighted by Gasteiger charge is 2.26. The zero-order chi connectivity index (χ0) is 17.7. The molecule has 4 amide bonds. The molecule has 0 fully saturated rings. The van der Waals surface area contributed by atoms with Gasteiger partial charge in [0.25, 0.3) is 0 Å². The summed E-state index contributed by atoms with van der Waals surface area (Å²) in [4.78, 5) is 24.2. The molecule has 0 unspecified atom stereocenters. The van der Waals surface area contributed by atoms with E-state index in [4.69, 9.17) is 0 Å². The van der Waals surface area contributed by atoms with Crippen LogP contribution in [-0.4, -0.2) is 23.5 Å². The van der Waals surface area contributed by atoms with Crippen molar-refractivity contribution in [3.8, 4) is 0 Å². The molecule has 4 aromatic carbocycles. The Morgan fingerprint density at radius 3 is 2.19 bits per heavy atom. The monoisotopic (exact) mass is 341 g/mol. The fourth-order valence-electron chi connectivity index (χ4n) is 3.94. The van der Waals surface area contributed by atoms with E-state index in [9.17, 15) is 9.59 Å². The van der Waals surface area contributed by atoms with Gasteiger partial charge in [0, 0.05) is 6.54 Å². The molecule has 0 bridgehead atoms. The van der Waals surface area contributed by atoms with E-state index in [-0.39, 0.29) is 0 Å². The number of urea groups is 2. The lowest BCUT2D eigenvalue weighted by atomic mass is 9.90. The average Bonchev–Trinajstić information content (AvgIpc) is 2.98. The maximum absolute atomic E-state index is 11.5. The van der Waals surface area contributed by atoms with Gasteiger partial charge in [0.05, 0.1) is 0 Å². The molecular formula is C21H15N3O2. The second-order valence-electron chi connectivity index (χ2n) is 6.60. The fraction of sp³-hybridized carbons (Fsp3) is 0.143. The SMILES string of the molecule is O=C1N=NC(=O)N1CCCc1cc2cccc3ccc4cccc1c4c32. The Morgan fingerprint density at radius 2 is 1.42 bits per heavy atom. The number of amides is 4. The number of hydrogen-bond acceptors (Lipinski definition) is 2. The minimum atomic E-state index is -0.565. The average molecular weight is 341 g/mol. The highest BCUT2D eigenvalue weighted by Crippen LogP contribution is 2.36. The smallest absolute Gasteiger partial charge is 0.244 e. The molecule has 126 valence electrons. The maximum atomic E-state index is 11.5. The van der Waals surface area contributed by atoms with Crippen molar-refractivity contribution in [3.05, 3.63) is 60.2 Å². The minimum Gasteiger partial charge on any atom is -0.244 e. The van der Waals surface area contributed by atoms with Gasteiger partial charge in [-0.1, -0.05) is 64.8 Å². The van der Waals surface area contributed by atoms with Gasteiger partial charge in [0.2, 0.25) is 0 Å². The molecule has 26 heavy (non-hydrogen) atoms. The van der Waals surface area contributed by atoms with Crippen molar-refractivity contribution in [1.82, 2.24) is 4.90 Å². The zero-order valence-corrected chi connectivity index (χ0v) is 14.0. The molecule has 0 spiro atoms. The number of imide groups is 1. The Labute approximate surface area is 149 Å². The van der Waals surface area contributed by atoms with Crippen molar-refractivity contribution in [2.75, 3.05) is 6.54 Å². The molecule has 0 atom stereocenters. The molecule has 5 rings (SSSR count). The van der Waals surface area contributed by atoms with Crippen LogP contribution in [-0.2, 0) is 6.42 Å². The van der Waals surface area contributed by atoms with Crippen LogP contribution in [0.25, 0.3) is 32.3 Å². The first-order valence-electron chi connectivity index (χ1n) is 8.65. The second-order valence-corrected chi connectivity index (χ2v) is 6.60. The highest BCUT2D eigenvalue weighted by atomic mass is 16.2. The number of hydrogen-bond donors (Lipinski definition) is 0. The standard InChI is InChI=1S/C21H15N3O2/c25-20-22-23-21(26)24(20)11-3-7-15-12-16-6-1-4-13-9-10-14-5-2-8-17(15)19(14)18(13)16/h1-2,4-6,8-10,12H,3,7,11H2. The van der Waals surface area contributed by atoms with E-state index >= 15 is 0 Å². The largest absolute Gasteiger partial charge is 0.370 e. The van der Waals surface area contributed by atoms with Gasteiger partial charge in [0.15, 0.2) is 0 Å². The first kappa shape index (κ1) is 15.0. The van der Waals surface area contributed by atoms with E-state index in [1.807, 2.05) is 0 Å². The van der Waals surface area contributed by atoms with E-state index in [2.05, 4.69) is 64.8 Å². The summed E-state index contributed by atoms with van der Waals surface area (Å²) < 4.78 is 0. The van der Waals surface area contributed by atoms with Crippen molar-refractivity contribution >= 4 is 44.4 Å². The van der Waals surface area contributed by atoms with E-state index < -0.39 is 12.1 Å². The quantitative estimate of drug-likeness (QED) is 0.458. The van der Waals surface area contributed by atoms with Crippen LogP contribution in [0.3, 0.4) is 0 Å². The predicted molar refractivity (Wildman–Crippen MR) is 101 cm³/mol. The lowest BCUT2D eigenvalue weighted by Gasteiger charge is -2.15. The van der Waals surface area contributed by atoms with Crippen LogP contribution in [0.1, 0.15) is 12.0 Å². The number of azo groups is 1. The molecule has 1 aliphatic heterocycles. The number of carbonyl (C=O) groups is 2. The van der Waals surface area contributed by atoms with Gasteiger partial charge >= 0.3 is 12.1 Å². The normalized spacial score (nSPS) is 14.5. The molecule has 0 radical (unpaired) electrons. The Hall–Kier alpha value is -3.34. The third-order valence-corrected chi connectivity index (χ3v) is 5.10. The van der Waals surface area contributed by atoms with E-state index in [0.717, 1.165) is 11.3 Å². The molecule has 1 aliphatic rings. The predicted octanol–water partition coefficient (Wildman–Crippen LogP) is 5.52. The summed E-state index contributed by atoms with van der Waals surface area (Å²) in [6, 6.07) is 18.2. The molecule has 0 saturated carbocycles. The van der Waals surface area contributed by atoms with Gasteiger partial charge in [0.1, 0.15) is 0 Å². The van der Waals surface area contributed by atoms with Crippen LogP contribution in [0, 0.1) is 0 Å². The van der Waals surface area contributed by atoms with Crippen LogP contribution in [0.15, 0.2) is 64.8 Å². The molecule has 0 aliphatic carbocycles. The van der Waals surface area contributed by atoms with Gasteiger partial charge in [-0.15, -0.1) is 0 Å². The van der Waals surface area contributed by atoms with E-state index in [1.165, 1.54) is 37.9 Å². The number of aryl methyl sites for hydroxylation is 1. The summed E-state index contributed by atoms with van der Waals surface area (Å²) in [7, 11) is 0. The molecule has 5 heteroatoms. The number of nitrogens with zero attached hydrogens (tertiary/aromatic N) is 3. The second kappa shape index (κ2) is 5.59. The summed E-state index contributed by atoms with van der Waals surface area (Å²) in [5.41, 5.74) is 1.23. The molecule has 1 heterocycles. The summed E-state index contributed by atoms with van der Waals surface area (Å²) in [5.74, 6) is 0. The molecule has 4 aromatic rings. The molecule has 0 aromatic heterocycles. The van der Waals surface area contributed by atoms with Gasteiger partial charge in [-0.2, -0.15) is 0 Å². The highest BCUT2D eigenvalue weighted by molar-refractivity contribution is 6.23. The topological polar surface area (TPSA) is 62.1 Å². The first-order valence-corrected chi connectivity index (χ1v) is 8.65. The van der Waals surface area contributed by atoms with Crippen LogP contribution in [0.4, 0.5) is 9.59 Å². The third-order valence-electron chi connectivity index (χ3n) is 5.10. The molecule has 5 nitrogen and oxygen atoms in total. The van der Waals surface area contributed by atoms with Gasteiger partial charge in [-0.05, 0) is 50.7 Å². The summed E-state index contributed by atoms with van der Waals surface area (Å²) in [5, 5.41) is 14.1. The van der Waals surface area contributed by atoms with Crippen molar-refractivity contribution < 1.29 is 9.59 Å². The van der Waals surface area contributed by atoms with Crippen molar-refractivity contribution in [2.45, 2.75) is 12.8 Å². The van der Waals surface area contributed by atoms with Crippen LogP contribution in [0.5, 0.6) is 0 Å². The Kier molecular flexibility index (Phi) is 3.22. The van der Waals surface area contributed by atoms with Gasteiger partial charge in [-0.3, -0.25) is 0 Å². The lowest BCUT2D eigenvalue weighted by molar-refractivity contribution is 0.205. The summed E-state index contributed by atoms with van der Waals surface area (Å²) in [6.45, 7) is 0.337. The van der Waals surface area contributed by atoms with E-state index in [1.54, 1.807) is 0 Å². The molecule has 0 saturated heterocycles. The minimum absolute atomic E-state index is 0.337. The number of rotatable bonds is 4. The van der Waals surface area contributed by atoms with Gasteiger partial charge in [-0.25, -0.2) is 14.5 Å². The fourth-order valence-corrected chi connectivity index (χ4v) is 3.94. The van der Waals surface area contributed by atoms with Crippen molar-refractivity contribution in [1.29, 1.82) is 0 Å². The van der Waals surface area contributed by atoms with Crippen LogP contribution in [0.2, 0.25) is 0 Å². The summed E-state index contributed by atoms with van der Waals surface area (Å²) >= 11 is 0. The van der Waals surface area contributed by atoms with Crippen LogP contribution >= 0.6 is 0 Å². The summed E-state index contributed by atoms with van der Waals surface area (Å²) in [6.07, 6.45) is 1.46. The van der Waals surface area contributed by atoms with Crippen LogP contribution < -0.4 is 0 Å². The van der Waals surface area contributed by atoms with Gasteiger partial charge < -0.3 is 0 Å². The first-order chi connectivity index (χ1) is 12.7. The lowest BCUT2D eigenvalue weighted by Crippen LogP contribution is -2.29. The van der Waals surface area contributed by atoms with E-state index in [0.29, 0.717) is 13.0 Å². The van der Waals surface area contributed by atoms with Crippen molar-refractivity contribution in [2.24, 2.45) is 10.2 Å². The third kappa shape index (κ3) is 2.17. The Bertz CT molecular complexity index is 1190. The molecule has 0 N–H and O–H groups in total. The number of benzene rings is 4. The number of carbonyl (C=O) groups excluding carboxylic acids is 2. The van der Waals surface area contributed by atoms with Crippen molar-refractivity contribution in [3.63, 3.8) is 0 Å². The Morgan fingerprint density at radius 1 is 0.769 bits per heavy atom. The zero-order valence-electron chi connectivity index (χ0n) is 14.0. The maximum Gasteiger partial charge on any atom is 0.370 e. The molecular weight excluding hydrogens is 326 g/mol.